The minimum atomic E-state index is -0.239. The summed E-state index contributed by atoms with van der Waals surface area (Å²) in [4.78, 5) is 13.9. The fourth-order valence-electron chi connectivity index (χ4n) is 2.79. The van der Waals surface area contributed by atoms with E-state index in [4.69, 9.17) is 4.74 Å². The van der Waals surface area contributed by atoms with Crippen LogP contribution in [0.15, 0.2) is 0 Å². The molecule has 0 bridgehead atoms. The normalized spacial score (nSPS) is 33.9. The molecule has 2 aliphatic heterocycles. The minimum absolute atomic E-state index is 0.239. The molecule has 0 aromatic carbocycles. The molecule has 18 heavy (non-hydrogen) atoms. The lowest BCUT2D eigenvalue weighted by Gasteiger charge is -2.36. The zero-order valence-corrected chi connectivity index (χ0v) is 12.4. The van der Waals surface area contributed by atoms with Crippen molar-refractivity contribution >= 4 is 18.0 Å². The zero-order chi connectivity index (χ0) is 13.1. The van der Waals surface area contributed by atoms with Gasteiger partial charge in [-0.15, -0.1) is 0 Å². The van der Waals surface area contributed by atoms with Crippen LogP contribution in [-0.2, 0) is 9.53 Å². The molecule has 2 rings (SSSR count). The quantitative estimate of drug-likeness (QED) is 0.736. The molecule has 0 aromatic rings. The van der Waals surface area contributed by atoms with E-state index in [1.165, 1.54) is 12.2 Å². The van der Waals surface area contributed by atoms with E-state index in [0.717, 1.165) is 45.4 Å². The molecule has 0 N–H and O–H groups in total. The summed E-state index contributed by atoms with van der Waals surface area (Å²) in [6, 6.07) is 0. The summed E-state index contributed by atoms with van der Waals surface area (Å²) in [5.41, 5.74) is -0.239. The largest absolute Gasteiger partial charge is 0.380 e. The smallest absolute Gasteiger partial charge is 0.129 e. The Bertz CT molecular complexity index is 288. The van der Waals surface area contributed by atoms with Crippen LogP contribution >= 0.6 is 11.8 Å². The maximum Gasteiger partial charge on any atom is 0.129 e. The van der Waals surface area contributed by atoms with Crippen molar-refractivity contribution in [3.8, 4) is 0 Å². The Morgan fingerprint density at radius 1 is 1.33 bits per heavy atom. The molecule has 0 aromatic heterocycles. The molecule has 2 aliphatic rings. The number of ether oxygens (including phenoxy) is 1. The standard InChI is InChI=1S/C14H25NO2S/c1-13(2)5-6-15(7-9-18-13)10-14(11-16)4-3-8-17-12-14/h11H,3-10,12H2,1-2H3. The molecule has 2 heterocycles. The molecule has 4 heteroatoms. The van der Waals surface area contributed by atoms with E-state index in [1.54, 1.807) is 0 Å². The third kappa shape index (κ3) is 3.72. The Balaban J connectivity index is 1.93. The van der Waals surface area contributed by atoms with E-state index in [0.29, 0.717) is 11.4 Å². The Hall–Kier alpha value is -0.0600. The van der Waals surface area contributed by atoms with E-state index in [2.05, 4.69) is 30.5 Å². The Kier molecular flexibility index (Phi) is 4.73. The number of hydrogen-bond donors (Lipinski definition) is 0. The van der Waals surface area contributed by atoms with Crippen LogP contribution in [0.2, 0.25) is 0 Å². The van der Waals surface area contributed by atoms with Crippen LogP contribution in [0.25, 0.3) is 0 Å². The van der Waals surface area contributed by atoms with Gasteiger partial charge in [0.2, 0.25) is 0 Å². The van der Waals surface area contributed by atoms with Crippen LogP contribution in [0.4, 0.5) is 0 Å². The van der Waals surface area contributed by atoms with Gasteiger partial charge in [-0.1, -0.05) is 13.8 Å². The molecule has 0 amide bonds. The number of nitrogens with zero attached hydrogens (tertiary/aromatic N) is 1. The lowest BCUT2D eigenvalue weighted by molar-refractivity contribution is -0.125. The van der Waals surface area contributed by atoms with Crippen LogP contribution in [0, 0.1) is 5.41 Å². The zero-order valence-electron chi connectivity index (χ0n) is 11.6. The van der Waals surface area contributed by atoms with Crippen molar-refractivity contribution in [2.45, 2.75) is 37.9 Å². The van der Waals surface area contributed by atoms with Gasteiger partial charge in [-0.05, 0) is 25.8 Å². The first kappa shape index (κ1) is 14.4. The molecule has 0 spiro atoms. The molecule has 1 atom stereocenters. The van der Waals surface area contributed by atoms with Gasteiger partial charge in [0, 0.05) is 30.2 Å². The summed E-state index contributed by atoms with van der Waals surface area (Å²) in [6.45, 7) is 9.16. The third-order valence-electron chi connectivity index (χ3n) is 4.07. The Morgan fingerprint density at radius 3 is 2.83 bits per heavy atom. The molecule has 2 fully saturated rings. The number of carbonyl (C=O) groups is 1. The molecule has 0 aliphatic carbocycles. The summed E-state index contributed by atoms with van der Waals surface area (Å²) in [7, 11) is 0. The highest BCUT2D eigenvalue weighted by molar-refractivity contribution is 8.00. The van der Waals surface area contributed by atoms with Gasteiger partial charge < -0.3 is 14.4 Å². The van der Waals surface area contributed by atoms with Gasteiger partial charge in [0.1, 0.15) is 6.29 Å². The van der Waals surface area contributed by atoms with Crippen LogP contribution in [0.3, 0.4) is 0 Å². The molecular formula is C14H25NO2S. The van der Waals surface area contributed by atoms with Gasteiger partial charge in [0.05, 0.1) is 12.0 Å². The summed E-state index contributed by atoms with van der Waals surface area (Å²) in [5, 5.41) is 0. The van der Waals surface area contributed by atoms with Crippen molar-refractivity contribution in [1.82, 2.24) is 4.90 Å². The van der Waals surface area contributed by atoms with Gasteiger partial charge in [-0.3, -0.25) is 0 Å². The molecule has 0 radical (unpaired) electrons. The number of carbonyl (C=O) groups excluding carboxylic acids is 1. The highest BCUT2D eigenvalue weighted by Crippen LogP contribution is 2.33. The summed E-state index contributed by atoms with van der Waals surface area (Å²) < 4.78 is 5.91. The number of hydrogen-bond acceptors (Lipinski definition) is 4. The summed E-state index contributed by atoms with van der Waals surface area (Å²) in [6.07, 6.45) is 4.36. The van der Waals surface area contributed by atoms with E-state index in [1.807, 2.05) is 0 Å². The van der Waals surface area contributed by atoms with E-state index in [-0.39, 0.29) is 5.41 Å². The third-order valence-corrected chi connectivity index (χ3v) is 5.44. The van der Waals surface area contributed by atoms with Crippen molar-refractivity contribution in [3.05, 3.63) is 0 Å². The van der Waals surface area contributed by atoms with Crippen molar-refractivity contribution in [2.24, 2.45) is 5.41 Å². The molecule has 104 valence electrons. The van der Waals surface area contributed by atoms with Crippen molar-refractivity contribution in [2.75, 3.05) is 38.6 Å². The fraction of sp³-hybridized carbons (Fsp3) is 0.929. The van der Waals surface area contributed by atoms with E-state index in [9.17, 15) is 4.79 Å². The van der Waals surface area contributed by atoms with Gasteiger partial charge in [0.25, 0.3) is 0 Å². The number of rotatable bonds is 3. The van der Waals surface area contributed by atoms with Crippen LogP contribution in [-0.4, -0.2) is 54.5 Å². The van der Waals surface area contributed by atoms with Gasteiger partial charge in [-0.2, -0.15) is 11.8 Å². The van der Waals surface area contributed by atoms with Crippen LogP contribution in [0.5, 0.6) is 0 Å². The molecular weight excluding hydrogens is 246 g/mol. The van der Waals surface area contributed by atoms with Gasteiger partial charge in [-0.25, -0.2) is 0 Å². The first-order valence-corrected chi connectivity index (χ1v) is 7.94. The highest BCUT2D eigenvalue weighted by atomic mass is 32.2. The van der Waals surface area contributed by atoms with Crippen LogP contribution in [0.1, 0.15) is 33.1 Å². The lowest BCUT2D eigenvalue weighted by Crippen LogP contribution is -2.45. The van der Waals surface area contributed by atoms with Gasteiger partial charge in [0.15, 0.2) is 0 Å². The fourth-order valence-corrected chi connectivity index (χ4v) is 3.93. The second-order valence-corrected chi connectivity index (χ2v) is 8.07. The average molecular weight is 271 g/mol. The van der Waals surface area contributed by atoms with E-state index < -0.39 is 0 Å². The maximum absolute atomic E-state index is 11.5. The predicted octanol–water partition coefficient (Wildman–Crippen LogP) is 2.20. The van der Waals surface area contributed by atoms with Gasteiger partial charge >= 0.3 is 0 Å². The second-order valence-electron chi connectivity index (χ2n) is 6.27. The highest BCUT2D eigenvalue weighted by Gasteiger charge is 2.35. The van der Waals surface area contributed by atoms with Crippen molar-refractivity contribution < 1.29 is 9.53 Å². The van der Waals surface area contributed by atoms with Crippen LogP contribution < -0.4 is 0 Å². The number of thioether (sulfide) groups is 1. The Labute approximate surface area is 115 Å². The van der Waals surface area contributed by atoms with E-state index >= 15 is 0 Å². The summed E-state index contributed by atoms with van der Waals surface area (Å²) >= 11 is 2.05. The molecule has 1 unspecified atom stereocenters. The molecule has 2 saturated heterocycles. The predicted molar refractivity (Wildman–Crippen MR) is 76.1 cm³/mol. The Morgan fingerprint density at radius 2 is 2.17 bits per heavy atom. The first-order valence-electron chi connectivity index (χ1n) is 6.96. The molecule has 0 saturated carbocycles. The first-order chi connectivity index (χ1) is 8.55. The summed E-state index contributed by atoms with van der Waals surface area (Å²) in [5.74, 6) is 1.17. The number of aldehydes is 1. The monoisotopic (exact) mass is 271 g/mol. The average Bonchev–Trinajstić information content (AvgIpc) is 2.52. The lowest BCUT2D eigenvalue weighted by atomic mass is 9.83. The van der Waals surface area contributed by atoms with Crippen molar-refractivity contribution in [3.63, 3.8) is 0 Å². The topological polar surface area (TPSA) is 29.5 Å². The SMILES string of the molecule is CC1(C)CCN(CC2(C=O)CCCOC2)CCS1. The minimum Gasteiger partial charge on any atom is -0.380 e. The van der Waals surface area contributed by atoms with Crippen molar-refractivity contribution in [1.29, 1.82) is 0 Å². The molecule has 3 nitrogen and oxygen atoms in total. The maximum atomic E-state index is 11.5. The second kappa shape index (κ2) is 5.93.